The highest BCUT2D eigenvalue weighted by Crippen LogP contribution is 2.32. The number of ether oxygens (including phenoxy) is 1. The monoisotopic (exact) mass is 512 g/mol. The highest BCUT2D eigenvalue weighted by atomic mass is 32.1. The van der Waals surface area contributed by atoms with E-state index in [1.165, 1.54) is 0 Å². The second-order valence-corrected chi connectivity index (χ2v) is 10.1. The van der Waals surface area contributed by atoms with E-state index in [1.807, 2.05) is 72.8 Å². The number of carbonyl (C=O) groups is 2. The molecule has 1 aliphatic heterocycles. The molecule has 0 saturated heterocycles. The molecule has 6 nitrogen and oxygen atoms in total. The molecule has 0 aliphatic carbocycles. The van der Waals surface area contributed by atoms with Gasteiger partial charge in [0.1, 0.15) is 12.4 Å². The molecule has 1 N–H and O–H groups in total. The lowest BCUT2D eigenvalue weighted by Gasteiger charge is -2.08. The van der Waals surface area contributed by atoms with Crippen LogP contribution in [0.1, 0.15) is 54.1 Å². The van der Waals surface area contributed by atoms with E-state index in [-0.39, 0.29) is 16.6 Å². The minimum Gasteiger partial charge on any atom is -0.492 e. The smallest absolute Gasteiger partial charge is 0.308 e. The van der Waals surface area contributed by atoms with E-state index in [9.17, 15) is 14.4 Å². The molecule has 0 spiro atoms. The first kappa shape index (κ1) is 24.7. The fourth-order valence-electron chi connectivity index (χ4n) is 4.50. The van der Waals surface area contributed by atoms with Crippen LogP contribution in [-0.2, 0) is 11.3 Å². The van der Waals surface area contributed by atoms with Crippen LogP contribution in [0.3, 0.4) is 0 Å². The Labute approximate surface area is 219 Å². The lowest BCUT2D eigenvalue weighted by atomic mass is 10.0. The minimum atomic E-state index is -0.108. The Bertz CT molecular complexity index is 1550. The van der Waals surface area contributed by atoms with Gasteiger partial charge in [-0.2, -0.15) is 0 Å². The molecule has 37 heavy (non-hydrogen) atoms. The predicted molar refractivity (Wildman–Crippen MR) is 149 cm³/mol. The van der Waals surface area contributed by atoms with Gasteiger partial charge < -0.3 is 10.1 Å². The molecular formula is C30H28N2O4S. The van der Waals surface area contributed by atoms with Crippen molar-refractivity contribution in [2.24, 2.45) is 0 Å². The van der Waals surface area contributed by atoms with E-state index in [1.54, 1.807) is 4.57 Å². The number of aromatic nitrogens is 1. The van der Waals surface area contributed by atoms with Gasteiger partial charge in [-0.25, -0.2) is 0 Å². The number of rotatable bonds is 10. The average Bonchev–Trinajstić information content (AvgIpc) is 3.39. The van der Waals surface area contributed by atoms with E-state index in [4.69, 9.17) is 4.74 Å². The number of anilines is 1. The summed E-state index contributed by atoms with van der Waals surface area (Å²) >= 11 is 1.16. The van der Waals surface area contributed by atoms with Gasteiger partial charge in [0.05, 0.1) is 16.8 Å². The van der Waals surface area contributed by atoms with Crippen LogP contribution in [0.25, 0.3) is 21.9 Å². The van der Waals surface area contributed by atoms with Crippen molar-refractivity contribution < 1.29 is 14.3 Å². The minimum absolute atomic E-state index is 0.0636. The van der Waals surface area contributed by atoms with Gasteiger partial charge in [0, 0.05) is 28.8 Å². The van der Waals surface area contributed by atoms with Gasteiger partial charge in [-0.05, 0) is 54.5 Å². The number of unbranched alkanes of at least 4 members (excludes halogenated alkanes) is 2. The van der Waals surface area contributed by atoms with Gasteiger partial charge in [0.15, 0.2) is 5.78 Å². The first-order valence-electron chi connectivity index (χ1n) is 12.6. The Balaban J connectivity index is 1.22. The van der Waals surface area contributed by atoms with Crippen LogP contribution in [0.5, 0.6) is 5.75 Å². The van der Waals surface area contributed by atoms with Crippen LogP contribution in [-0.4, -0.2) is 22.9 Å². The fraction of sp³-hybridized carbons (Fsp3) is 0.233. The second kappa shape index (κ2) is 11.0. The summed E-state index contributed by atoms with van der Waals surface area (Å²) in [7, 11) is 0. The third kappa shape index (κ3) is 5.42. The van der Waals surface area contributed by atoms with E-state index < -0.39 is 0 Å². The zero-order chi connectivity index (χ0) is 25.8. The number of para-hydroxylation sites is 1. The number of fused-ring (bicyclic) bond motifs is 2. The summed E-state index contributed by atoms with van der Waals surface area (Å²) in [6.45, 7) is 2.86. The number of nitrogens with one attached hydrogen (secondary N) is 1. The molecule has 1 aliphatic rings. The SMILES string of the molecule is CCCCCC(=O)c1ccc2c(c1)sc(=O)n2CCOc1ccc(C=C2C(=O)Nc3ccccc32)cc1. The molecule has 3 aromatic carbocycles. The third-order valence-corrected chi connectivity index (χ3v) is 7.42. The zero-order valence-corrected chi connectivity index (χ0v) is 21.5. The summed E-state index contributed by atoms with van der Waals surface area (Å²) in [5.41, 5.74) is 4.75. The average molecular weight is 513 g/mol. The molecule has 0 unspecified atom stereocenters. The molecule has 0 bridgehead atoms. The summed E-state index contributed by atoms with van der Waals surface area (Å²) in [6, 6.07) is 20.7. The van der Waals surface area contributed by atoms with Crippen molar-refractivity contribution in [3.8, 4) is 5.75 Å². The van der Waals surface area contributed by atoms with Crippen molar-refractivity contribution in [2.45, 2.75) is 39.2 Å². The lowest BCUT2D eigenvalue weighted by Crippen LogP contribution is -2.17. The van der Waals surface area contributed by atoms with Crippen LogP contribution in [0.4, 0.5) is 5.69 Å². The van der Waals surface area contributed by atoms with Crippen LogP contribution in [0.2, 0.25) is 0 Å². The van der Waals surface area contributed by atoms with Crippen molar-refractivity contribution in [3.05, 3.63) is 93.1 Å². The number of Topliss-reactive ketones (excluding diaryl/α,β-unsaturated/α-hetero) is 1. The molecule has 2 heterocycles. The first-order valence-corrected chi connectivity index (χ1v) is 13.4. The van der Waals surface area contributed by atoms with Crippen molar-refractivity contribution in [2.75, 3.05) is 11.9 Å². The molecular weight excluding hydrogens is 484 g/mol. The molecule has 0 atom stereocenters. The number of amides is 1. The third-order valence-electron chi connectivity index (χ3n) is 6.48. The lowest BCUT2D eigenvalue weighted by molar-refractivity contribution is -0.110. The fourth-order valence-corrected chi connectivity index (χ4v) is 5.45. The Morgan fingerprint density at radius 1 is 1.03 bits per heavy atom. The number of thiazole rings is 1. The standard InChI is InChI=1S/C30H28N2O4S/c1-2-3-4-9-27(33)21-12-15-26-28(19-21)37-30(35)32(26)16-17-36-22-13-10-20(11-14-22)18-24-23-7-5-6-8-25(23)31-29(24)34/h5-8,10-15,18-19H,2-4,9,16-17H2,1H3,(H,31,34). The number of ketones is 1. The van der Waals surface area contributed by atoms with E-state index in [2.05, 4.69) is 12.2 Å². The molecule has 0 fully saturated rings. The highest BCUT2D eigenvalue weighted by Gasteiger charge is 2.23. The quantitative estimate of drug-likeness (QED) is 0.152. The molecule has 7 heteroatoms. The van der Waals surface area contributed by atoms with E-state index >= 15 is 0 Å². The van der Waals surface area contributed by atoms with E-state index in [0.717, 1.165) is 57.6 Å². The number of hydrogen-bond donors (Lipinski definition) is 1. The first-order chi connectivity index (χ1) is 18.0. The van der Waals surface area contributed by atoms with Crippen LogP contribution < -0.4 is 14.9 Å². The van der Waals surface area contributed by atoms with Gasteiger partial charge in [0.2, 0.25) is 0 Å². The Kier molecular flexibility index (Phi) is 7.32. The number of carbonyl (C=O) groups excluding carboxylic acids is 2. The molecule has 1 amide bonds. The highest BCUT2D eigenvalue weighted by molar-refractivity contribution is 7.16. The number of benzene rings is 3. The van der Waals surface area contributed by atoms with Crippen molar-refractivity contribution in [1.82, 2.24) is 4.57 Å². The number of hydrogen-bond acceptors (Lipinski definition) is 5. The molecule has 0 saturated carbocycles. The van der Waals surface area contributed by atoms with Crippen LogP contribution >= 0.6 is 11.3 Å². The van der Waals surface area contributed by atoms with Gasteiger partial charge in [-0.15, -0.1) is 0 Å². The second-order valence-electron chi connectivity index (χ2n) is 9.06. The summed E-state index contributed by atoms with van der Waals surface area (Å²) in [5.74, 6) is 0.705. The Morgan fingerprint density at radius 3 is 2.65 bits per heavy atom. The molecule has 188 valence electrons. The topological polar surface area (TPSA) is 77.4 Å². The van der Waals surface area contributed by atoms with E-state index in [0.29, 0.717) is 36.5 Å². The summed E-state index contributed by atoms with van der Waals surface area (Å²) in [5, 5.41) is 2.88. The summed E-state index contributed by atoms with van der Waals surface area (Å²) in [4.78, 5) is 37.3. The van der Waals surface area contributed by atoms with Gasteiger partial charge in [0.25, 0.3) is 5.91 Å². The normalized spacial score (nSPS) is 13.6. The molecule has 4 aromatic rings. The maximum absolute atomic E-state index is 12.6. The van der Waals surface area contributed by atoms with Gasteiger partial charge in [-0.1, -0.05) is 61.4 Å². The van der Waals surface area contributed by atoms with Crippen LogP contribution in [0.15, 0.2) is 71.5 Å². The van der Waals surface area contributed by atoms with Crippen LogP contribution in [0, 0.1) is 0 Å². The predicted octanol–water partition coefficient (Wildman–Crippen LogP) is 6.40. The summed E-state index contributed by atoms with van der Waals surface area (Å²) in [6.07, 6.45) is 5.42. The van der Waals surface area contributed by atoms with Gasteiger partial charge >= 0.3 is 4.87 Å². The molecule has 0 radical (unpaired) electrons. The Hall–Kier alpha value is -3.97. The van der Waals surface area contributed by atoms with Crippen molar-refractivity contribution in [3.63, 3.8) is 0 Å². The zero-order valence-electron chi connectivity index (χ0n) is 20.7. The van der Waals surface area contributed by atoms with Gasteiger partial charge in [-0.3, -0.25) is 19.0 Å². The maximum Gasteiger partial charge on any atom is 0.308 e. The maximum atomic E-state index is 12.6. The molecule has 1 aromatic heterocycles. The molecule has 5 rings (SSSR count). The largest absolute Gasteiger partial charge is 0.492 e. The van der Waals surface area contributed by atoms with Crippen molar-refractivity contribution in [1.29, 1.82) is 0 Å². The van der Waals surface area contributed by atoms with Crippen molar-refractivity contribution >= 4 is 50.6 Å². The number of nitrogens with zero attached hydrogens (tertiary/aromatic N) is 1. The summed E-state index contributed by atoms with van der Waals surface area (Å²) < 4.78 is 8.41. The Morgan fingerprint density at radius 2 is 1.84 bits per heavy atom.